The van der Waals surface area contributed by atoms with Crippen molar-refractivity contribution in [3.8, 4) is 0 Å². The molecule has 0 aliphatic rings. The van der Waals surface area contributed by atoms with Gasteiger partial charge in [-0.05, 0) is 34.5 Å². The van der Waals surface area contributed by atoms with E-state index in [1.807, 2.05) is 13.0 Å². The minimum atomic E-state index is -0.514. The third-order valence-electron chi connectivity index (χ3n) is 1.91. The van der Waals surface area contributed by atoms with Gasteiger partial charge in [-0.15, -0.1) is 0 Å². The van der Waals surface area contributed by atoms with Crippen molar-refractivity contribution in [1.82, 2.24) is 4.98 Å². The van der Waals surface area contributed by atoms with Crippen LogP contribution in [0.1, 0.15) is 5.56 Å². The summed E-state index contributed by atoms with van der Waals surface area (Å²) in [7, 11) is 1.56. The fraction of sp³-hybridized carbons (Fsp3) is 0.500. The Hall–Kier alpha value is -0.650. The Labute approximate surface area is 97.8 Å². The summed E-state index contributed by atoms with van der Waals surface area (Å²) in [5.41, 5.74) is 1.04. The quantitative estimate of drug-likeness (QED) is 0.856. The number of ether oxygens (including phenoxy) is 1. The predicted molar refractivity (Wildman–Crippen MR) is 63.0 cm³/mol. The van der Waals surface area contributed by atoms with Crippen molar-refractivity contribution in [2.24, 2.45) is 0 Å². The number of nitrogens with zero attached hydrogens (tertiary/aromatic N) is 1. The van der Waals surface area contributed by atoms with Crippen LogP contribution in [0, 0.1) is 6.92 Å². The van der Waals surface area contributed by atoms with Crippen molar-refractivity contribution in [3.05, 3.63) is 22.3 Å². The van der Waals surface area contributed by atoms with Gasteiger partial charge in [0.05, 0.1) is 12.7 Å². The molecule has 2 N–H and O–H groups in total. The van der Waals surface area contributed by atoms with Gasteiger partial charge in [-0.1, -0.05) is 0 Å². The molecule has 1 unspecified atom stereocenters. The first kappa shape index (κ1) is 12.4. The Morgan fingerprint density at radius 1 is 1.67 bits per heavy atom. The van der Waals surface area contributed by atoms with Crippen LogP contribution in [-0.2, 0) is 4.74 Å². The summed E-state index contributed by atoms with van der Waals surface area (Å²) in [5.74, 6) is 0.786. The molecule has 1 atom stereocenters. The molecular weight excluding hydrogens is 260 g/mol. The highest BCUT2D eigenvalue weighted by Gasteiger charge is 2.05. The number of halogens is 1. The maximum Gasteiger partial charge on any atom is 0.129 e. The van der Waals surface area contributed by atoms with E-state index in [0.717, 1.165) is 15.9 Å². The topological polar surface area (TPSA) is 54.4 Å². The predicted octanol–water partition coefficient (Wildman–Crippen LogP) is 1.57. The third-order valence-corrected chi connectivity index (χ3v) is 2.34. The Kier molecular flexibility index (Phi) is 5.01. The molecule has 1 aromatic rings. The molecule has 0 aromatic carbocycles. The number of methoxy groups -OCH3 is 1. The Morgan fingerprint density at radius 2 is 2.40 bits per heavy atom. The average Bonchev–Trinajstić information content (AvgIpc) is 2.17. The lowest BCUT2D eigenvalue weighted by atomic mass is 10.3. The van der Waals surface area contributed by atoms with Crippen LogP contribution in [0.15, 0.2) is 16.7 Å². The number of aliphatic hydroxyl groups is 1. The molecule has 0 aliphatic heterocycles. The molecule has 0 spiro atoms. The Balaban J connectivity index is 2.50. The van der Waals surface area contributed by atoms with Crippen LogP contribution in [0.4, 0.5) is 5.82 Å². The summed E-state index contributed by atoms with van der Waals surface area (Å²) in [6, 6.07) is 1.97. The van der Waals surface area contributed by atoms with Crippen LogP contribution in [0.3, 0.4) is 0 Å². The molecule has 84 valence electrons. The lowest BCUT2D eigenvalue weighted by Crippen LogP contribution is -2.24. The minimum Gasteiger partial charge on any atom is -0.389 e. The molecule has 0 radical (unpaired) electrons. The van der Waals surface area contributed by atoms with Crippen LogP contribution in [0.5, 0.6) is 0 Å². The molecule has 0 aliphatic carbocycles. The monoisotopic (exact) mass is 274 g/mol. The molecule has 0 fully saturated rings. The van der Waals surface area contributed by atoms with Crippen molar-refractivity contribution >= 4 is 21.7 Å². The smallest absolute Gasteiger partial charge is 0.129 e. The van der Waals surface area contributed by atoms with Gasteiger partial charge >= 0.3 is 0 Å². The van der Waals surface area contributed by atoms with Gasteiger partial charge in [-0.2, -0.15) is 0 Å². The molecule has 1 heterocycles. The highest BCUT2D eigenvalue weighted by Crippen LogP contribution is 2.16. The normalized spacial score (nSPS) is 12.5. The third kappa shape index (κ3) is 4.15. The molecule has 0 saturated heterocycles. The fourth-order valence-electron chi connectivity index (χ4n) is 1.19. The second-order valence-corrected chi connectivity index (χ2v) is 4.22. The van der Waals surface area contributed by atoms with E-state index in [1.165, 1.54) is 0 Å². The van der Waals surface area contributed by atoms with Crippen molar-refractivity contribution < 1.29 is 9.84 Å². The highest BCUT2D eigenvalue weighted by atomic mass is 79.9. The van der Waals surface area contributed by atoms with Crippen molar-refractivity contribution in [1.29, 1.82) is 0 Å². The maximum atomic E-state index is 9.43. The average molecular weight is 275 g/mol. The van der Waals surface area contributed by atoms with Gasteiger partial charge in [-0.25, -0.2) is 4.98 Å². The number of nitrogens with one attached hydrogen (secondary N) is 1. The van der Waals surface area contributed by atoms with Crippen molar-refractivity contribution in [2.75, 3.05) is 25.6 Å². The zero-order valence-corrected chi connectivity index (χ0v) is 10.4. The van der Waals surface area contributed by atoms with Gasteiger partial charge in [0, 0.05) is 24.3 Å². The van der Waals surface area contributed by atoms with Crippen LogP contribution in [-0.4, -0.2) is 36.5 Å². The van der Waals surface area contributed by atoms with E-state index in [-0.39, 0.29) is 0 Å². The van der Waals surface area contributed by atoms with Gasteiger partial charge < -0.3 is 15.2 Å². The highest BCUT2D eigenvalue weighted by molar-refractivity contribution is 9.10. The second kappa shape index (κ2) is 6.05. The Bertz CT molecular complexity index is 320. The lowest BCUT2D eigenvalue weighted by Gasteiger charge is -2.12. The fourth-order valence-corrected chi connectivity index (χ4v) is 1.64. The van der Waals surface area contributed by atoms with Gasteiger partial charge in [0.2, 0.25) is 0 Å². The lowest BCUT2D eigenvalue weighted by molar-refractivity contribution is 0.0727. The molecule has 0 saturated carbocycles. The van der Waals surface area contributed by atoms with Gasteiger partial charge in [0.25, 0.3) is 0 Å². The van der Waals surface area contributed by atoms with E-state index in [0.29, 0.717) is 13.2 Å². The van der Waals surface area contributed by atoms with Crippen molar-refractivity contribution in [3.63, 3.8) is 0 Å². The number of hydrogen-bond donors (Lipinski definition) is 2. The van der Waals surface area contributed by atoms with E-state index < -0.39 is 6.10 Å². The summed E-state index contributed by atoms with van der Waals surface area (Å²) in [5, 5.41) is 12.5. The number of pyridine rings is 1. The molecular formula is C10H15BrN2O2. The largest absolute Gasteiger partial charge is 0.389 e. The van der Waals surface area contributed by atoms with Gasteiger partial charge in [-0.3, -0.25) is 0 Å². The standard InChI is InChI=1S/C10H15BrN2O2/c1-7-3-8(11)4-12-10(7)13-5-9(14)6-15-2/h3-4,9,14H,5-6H2,1-2H3,(H,12,13). The van der Waals surface area contributed by atoms with Gasteiger partial charge in [0.1, 0.15) is 5.82 Å². The molecule has 5 heteroatoms. The molecule has 1 rings (SSSR count). The zero-order valence-electron chi connectivity index (χ0n) is 8.83. The molecule has 4 nitrogen and oxygen atoms in total. The van der Waals surface area contributed by atoms with Gasteiger partial charge in [0.15, 0.2) is 0 Å². The van der Waals surface area contributed by atoms with Crippen LogP contribution in [0.2, 0.25) is 0 Å². The maximum absolute atomic E-state index is 9.43. The second-order valence-electron chi connectivity index (χ2n) is 3.31. The molecule has 0 bridgehead atoms. The van der Waals surface area contributed by atoms with Crippen LogP contribution < -0.4 is 5.32 Å². The first-order valence-electron chi connectivity index (χ1n) is 4.66. The molecule has 0 amide bonds. The summed E-state index contributed by atoms with van der Waals surface area (Å²) in [6.45, 7) is 2.72. The number of hydrogen-bond acceptors (Lipinski definition) is 4. The minimum absolute atomic E-state index is 0.322. The molecule has 15 heavy (non-hydrogen) atoms. The van der Waals surface area contributed by atoms with E-state index in [4.69, 9.17) is 4.74 Å². The number of aliphatic hydroxyl groups excluding tert-OH is 1. The molecule has 1 aromatic heterocycles. The van der Waals surface area contributed by atoms with E-state index in [2.05, 4.69) is 26.2 Å². The first-order valence-corrected chi connectivity index (χ1v) is 5.45. The number of anilines is 1. The number of aryl methyl sites for hydroxylation is 1. The van der Waals surface area contributed by atoms with E-state index in [9.17, 15) is 5.11 Å². The Morgan fingerprint density at radius 3 is 3.00 bits per heavy atom. The van der Waals surface area contributed by atoms with Crippen LogP contribution >= 0.6 is 15.9 Å². The zero-order chi connectivity index (χ0) is 11.3. The SMILES string of the molecule is COCC(O)CNc1ncc(Br)cc1C. The van der Waals surface area contributed by atoms with E-state index >= 15 is 0 Å². The van der Waals surface area contributed by atoms with Crippen molar-refractivity contribution in [2.45, 2.75) is 13.0 Å². The summed E-state index contributed by atoms with van der Waals surface area (Å²) < 4.78 is 5.77. The summed E-state index contributed by atoms with van der Waals surface area (Å²) in [4.78, 5) is 4.20. The summed E-state index contributed by atoms with van der Waals surface area (Å²) in [6.07, 6.45) is 1.21. The van der Waals surface area contributed by atoms with E-state index in [1.54, 1.807) is 13.3 Å². The number of aromatic nitrogens is 1. The van der Waals surface area contributed by atoms with Crippen LogP contribution in [0.25, 0.3) is 0 Å². The summed E-state index contributed by atoms with van der Waals surface area (Å²) >= 11 is 3.34. The number of rotatable bonds is 5. The first-order chi connectivity index (χ1) is 7.13.